The van der Waals surface area contributed by atoms with Crippen molar-refractivity contribution in [1.29, 1.82) is 0 Å². The van der Waals surface area contributed by atoms with Crippen molar-refractivity contribution in [1.82, 2.24) is 10.6 Å². The lowest BCUT2D eigenvalue weighted by molar-refractivity contribution is 0.145. The average molecular weight is 378 g/mol. The highest BCUT2D eigenvalue weighted by atomic mass is 32.2. The van der Waals surface area contributed by atoms with E-state index >= 15 is 0 Å². The van der Waals surface area contributed by atoms with Crippen molar-refractivity contribution < 1.29 is 18.3 Å². The first-order valence-electron chi connectivity index (χ1n) is 8.03. The van der Waals surface area contributed by atoms with E-state index in [1.165, 1.54) is 0 Å². The number of aliphatic imine (C=N–C) groups is 1. The van der Waals surface area contributed by atoms with Crippen LogP contribution in [0, 0.1) is 0 Å². The van der Waals surface area contributed by atoms with Gasteiger partial charge in [-0.15, -0.1) is 11.3 Å². The van der Waals surface area contributed by atoms with Crippen LogP contribution in [0.4, 0.5) is 0 Å². The first-order valence-corrected chi connectivity index (χ1v) is 10.6. The molecule has 138 valence electrons. The highest BCUT2D eigenvalue weighted by molar-refractivity contribution is 7.93. The number of hydrogen-bond donors (Lipinski definition) is 3. The van der Waals surface area contributed by atoms with Crippen LogP contribution < -0.4 is 10.6 Å². The summed E-state index contributed by atoms with van der Waals surface area (Å²) in [5.74, 6) is 0.224. The fourth-order valence-corrected chi connectivity index (χ4v) is 4.36. The quantitative estimate of drug-likeness (QED) is 0.301. The Morgan fingerprint density at radius 2 is 2.21 bits per heavy atom. The molecule has 0 aliphatic rings. The molecule has 0 aliphatic carbocycles. The highest BCUT2D eigenvalue weighted by Gasteiger charge is 2.20. The Bertz CT molecular complexity index is 574. The van der Waals surface area contributed by atoms with Crippen LogP contribution in [0.2, 0.25) is 0 Å². The van der Waals surface area contributed by atoms with Gasteiger partial charge in [0.05, 0.1) is 18.4 Å². The molecule has 24 heavy (non-hydrogen) atoms. The van der Waals surface area contributed by atoms with Gasteiger partial charge < -0.3 is 20.5 Å². The summed E-state index contributed by atoms with van der Waals surface area (Å²) < 4.78 is 29.7. The molecule has 1 rings (SSSR count). The van der Waals surface area contributed by atoms with Crippen LogP contribution in [-0.4, -0.2) is 64.2 Å². The van der Waals surface area contributed by atoms with Gasteiger partial charge in [0.2, 0.25) is 0 Å². The zero-order valence-electron chi connectivity index (χ0n) is 14.2. The van der Waals surface area contributed by atoms with Crippen molar-refractivity contribution in [3.05, 3.63) is 17.5 Å². The third kappa shape index (κ3) is 8.09. The zero-order valence-corrected chi connectivity index (χ0v) is 15.8. The van der Waals surface area contributed by atoms with E-state index in [0.29, 0.717) is 32.3 Å². The maximum absolute atomic E-state index is 12.1. The summed E-state index contributed by atoms with van der Waals surface area (Å²) in [6, 6.07) is 3.22. The second-order valence-corrected chi connectivity index (χ2v) is 8.27. The van der Waals surface area contributed by atoms with Crippen LogP contribution in [-0.2, 0) is 14.6 Å². The molecule has 0 saturated carbocycles. The standard InChI is InChI=1S/C15H27N3O4S2/c1-3-16-15(17-8-6-9-22-4-2)18-11-13(19)12-24(20,21)14-7-5-10-23-14/h5,7,10,13,19H,3-4,6,8-9,11-12H2,1-2H3,(H2,16,17,18). The minimum atomic E-state index is -3.46. The summed E-state index contributed by atoms with van der Waals surface area (Å²) in [7, 11) is -3.46. The smallest absolute Gasteiger partial charge is 0.191 e. The molecule has 0 fully saturated rings. The van der Waals surface area contributed by atoms with Crippen LogP contribution in [0.3, 0.4) is 0 Å². The van der Waals surface area contributed by atoms with Crippen molar-refractivity contribution in [3.63, 3.8) is 0 Å². The van der Waals surface area contributed by atoms with Crippen molar-refractivity contribution >= 4 is 27.1 Å². The monoisotopic (exact) mass is 377 g/mol. The molecule has 1 aromatic rings. The van der Waals surface area contributed by atoms with Crippen LogP contribution in [0.1, 0.15) is 20.3 Å². The second-order valence-electron chi connectivity index (χ2n) is 5.06. The van der Waals surface area contributed by atoms with Crippen LogP contribution in [0.5, 0.6) is 0 Å². The number of thiophene rings is 1. The summed E-state index contributed by atoms with van der Waals surface area (Å²) >= 11 is 1.15. The van der Waals surface area contributed by atoms with Crippen molar-refractivity contribution in [3.8, 4) is 0 Å². The fraction of sp³-hybridized carbons (Fsp3) is 0.667. The largest absolute Gasteiger partial charge is 0.390 e. The zero-order chi connectivity index (χ0) is 17.8. The highest BCUT2D eigenvalue weighted by Crippen LogP contribution is 2.18. The molecule has 0 amide bonds. The van der Waals surface area contributed by atoms with Gasteiger partial charge in [0, 0.05) is 26.3 Å². The molecule has 0 aromatic carbocycles. The Balaban J connectivity index is 2.46. The molecule has 1 aromatic heterocycles. The molecule has 0 aliphatic heterocycles. The first kappa shape index (κ1) is 20.9. The summed E-state index contributed by atoms with van der Waals surface area (Å²) in [4.78, 5) is 4.24. The summed E-state index contributed by atoms with van der Waals surface area (Å²) in [5.41, 5.74) is 0. The molecule has 1 unspecified atom stereocenters. The number of hydrogen-bond acceptors (Lipinski definition) is 6. The number of nitrogens with zero attached hydrogens (tertiary/aromatic N) is 1. The second kappa shape index (κ2) is 11.4. The lowest BCUT2D eigenvalue weighted by Crippen LogP contribution is -2.39. The van der Waals surface area contributed by atoms with Gasteiger partial charge in [0.25, 0.3) is 0 Å². The van der Waals surface area contributed by atoms with Crippen molar-refractivity contribution in [2.45, 2.75) is 30.6 Å². The van der Waals surface area contributed by atoms with Crippen LogP contribution >= 0.6 is 11.3 Å². The lowest BCUT2D eigenvalue weighted by Gasteiger charge is -2.13. The van der Waals surface area contributed by atoms with E-state index in [2.05, 4.69) is 15.6 Å². The Morgan fingerprint density at radius 3 is 2.83 bits per heavy atom. The molecule has 3 N–H and O–H groups in total. The first-order chi connectivity index (χ1) is 11.5. The number of sulfone groups is 1. The van der Waals surface area contributed by atoms with Gasteiger partial charge in [-0.05, 0) is 31.7 Å². The molecule has 0 bridgehead atoms. The summed E-state index contributed by atoms with van der Waals surface area (Å²) in [5, 5.41) is 17.9. The molecule has 9 heteroatoms. The molecular weight excluding hydrogens is 350 g/mol. The van der Waals surface area contributed by atoms with E-state index in [-0.39, 0.29) is 16.5 Å². The lowest BCUT2D eigenvalue weighted by atomic mass is 10.4. The maximum atomic E-state index is 12.1. The number of nitrogens with one attached hydrogen (secondary N) is 2. The summed E-state index contributed by atoms with van der Waals surface area (Å²) in [6.07, 6.45) is -0.205. The van der Waals surface area contributed by atoms with Gasteiger partial charge >= 0.3 is 0 Å². The Kier molecular flexibility index (Phi) is 9.92. The average Bonchev–Trinajstić information content (AvgIpc) is 3.07. The summed E-state index contributed by atoms with van der Waals surface area (Å²) in [6.45, 7) is 6.64. The molecule has 0 spiro atoms. The predicted octanol–water partition coefficient (Wildman–Crippen LogP) is 0.864. The maximum Gasteiger partial charge on any atom is 0.191 e. The normalized spacial score (nSPS) is 13.7. The van der Waals surface area contributed by atoms with Crippen LogP contribution in [0.25, 0.3) is 0 Å². The molecule has 7 nitrogen and oxygen atoms in total. The molecule has 1 atom stereocenters. The van der Waals surface area contributed by atoms with E-state index < -0.39 is 15.9 Å². The number of rotatable bonds is 11. The van der Waals surface area contributed by atoms with Gasteiger partial charge in [0.15, 0.2) is 15.8 Å². The number of ether oxygens (including phenoxy) is 1. The minimum Gasteiger partial charge on any atom is -0.390 e. The van der Waals surface area contributed by atoms with Crippen molar-refractivity contribution in [2.75, 3.05) is 38.6 Å². The SMILES string of the molecule is CCNC(=NCC(O)CS(=O)(=O)c1cccs1)NCCCOCC. The van der Waals surface area contributed by atoms with E-state index in [1.54, 1.807) is 17.5 Å². The van der Waals surface area contributed by atoms with Crippen LogP contribution in [0.15, 0.2) is 26.7 Å². The predicted molar refractivity (Wildman–Crippen MR) is 97.5 cm³/mol. The third-order valence-electron chi connectivity index (χ3n) is 2.98. The fourth-order valence-electron chi connectivity index (χ4n) is 1.89. The minimum absolute atomic E-state index is 0.0192. The van der Waals surface area contributed by atoms with Gasteiger partial charge in [0.1, 0.15) is 4.21 Å². The van der Waals surface area contributed by atoms with Crippen molar-refractivity contribution in [2.24, 2.45) is 4.99 Å². The van der Waals surface area contributed by atoms with E-state index in [1.807, 2.05) is 13.8 Å². The molecule has 1 heterocycles. The third-order valence-corrected chi connectivity index (χ3v) is 6.26. The Hall–Kier alpha value is -1.16. The number of aliphatic hydroxyl groups excluding tert-OH is 1. The van der Waals surface area contributed by atoms with E-state index in [0.717, 1.165) is 17.8 Å². The number of guanidine groups is 1. The van der Waals surface area contributed by atoms with Gasteiger partial charge in [-0.25, -0.2) is 8.42 Å². The van der Waals surface area contributed by atoms with E-state index in [4.69, 9.17) is 4.74 Å². The van der Waals surface area contributed by atoms with Gasteiger partial charge in [-0.2, -0.15) is 0 Å². The Labute approximate surface area is 148 Å². The topological polar surface area (TPSA) is 100 Å². The van der Waals surface area contributed by atoms with Gasteiger partial charge in [-0.3, -0.25) is 4.99 Å². The molecular formula is C15H27N3O4S2. The Morgan fingerprint density at radius 1 is 1.42 bits per heavy atom. The number of aliphatic hydroxyl groups is 1. The molecule has 0 radical (unpaired) electrons. The van der Waals surface area contributed by atoms with Gasteiger partial charge in [-0.1, -0.05) is 6.07 Å². The van der Waals surface area contributed by atoms with E-state index in [9.17, 15) is 13.5 Å². The molecule has 0 saturated heterocycles.